The number of fused-ring (bicyclic) bond motifs is 1. The molecule has 0 amide bonds. The second kappa shape index (κ2) is 6.88. The second-order valence-electron chi connectivity index (χ2n) is 6.79. The molecule has 0 fully saturated rings. The smallest absolute Gasteiger partial charge is 0.252 e. The van der Waals surface area contributed by atoms with E-state index in [1.807, 2.05) is 24.9 Å². The van der Waals surface area contributed by atoms with Crippen LogP contribution in [-0.4, -0.2) is 38.6 Å². The highest BCUT2D eigenvalue weighted by Crippen LogP contribution is 2.32. The number of imidazole rings is 1. The van der Waals surface area contributed by atoms with Crippen LogP contribution >= 0.6 is 11.3 Å². The molecular weight excluding hydrogens is 382 g/mol. The van der Waals surface area contributed by atoms with E-state index in [2.05, 4.69) is 16.5 Å². The summed E-state index contributed by atoms with van der Waals surface area (Å²) >= 11 is 1.26. The van der Waals surface area contributed by atoms with Crippen molar-refractivity contribution in [3.8, 4) is 11.5 Å². The first-order chi connectivity index (χ1) is 12.9. The molecule has 0 atom stereocenters. The Bertz CT molecular complexity index is 1060. The highest BCUT2D eigenvalue weighted by atomic mass is 32.2. The normalized spacial score (nSPS) is 15.2. The van der Waals surface area contributed by atoms with Gasteiger partial charge in [-0.1, -0.05) is 13.0 Å². The van der Waals surface area contributed by atoms with Gasteiger partial charge in [-0.3, -0.25) is 4.68 Å². The van der Waals surface area contributed by atoms with E-state index in [1.54, 1.807) is 21.8 Å². The number of hydrogen-bond acceptors (Lipinski definition) is 5. The van der Waals surface area contributed by atoms with Gasteiger partial charge in [0.1, 0.15) is 9.90 Å². The fraction of sp³-hybridized carbons (Fsp3) is 0.444. The number of sulfonamides is 1. The zero-order valence-electron chi connectivity index (χ0n) is 15.7. The first-order valence-corrected chi connectivity index (χ1v) is 11.4. The van der Waals surface area contributed by atoms with Gasteiger partial charge >= 0.3 is 0 Å². The summed E-state index contributed by atoms with van der Waals surface area (Å²) in [5.74, 6) is 0.821. The number of rotatable bonds is 5. The van der Waals surface area contributed by atoms with Gasteiger partial charge in [-0.2, -0.15) is 9.40 Å². The van der Waals surface area contributed by atoms with Gasteiger partial charge in [0.05, 0.1) is 0 Å². The maximum absolute atomic E-state index is 13.0. The standard InChI is InChI=1S/C18H23N5O2S2/c1-4-8-23-13(2)11-19-18(23)17-14-12-22(9-7-15(14)21(3)20-17)27(24,25)16-6-5-10-26-16/h5-6,10-11H,4,7-9,12H2,1-3H3. The molecule has 9 heteroatoms. The Morgan fingerprint density at radius 2 is 2.15 bits per heavy atom. The fourth-order valence-corrected chi connectivity index (χ4v) is 6.20. The minimum Gasteiger partial charge on any atom is -0.327 e. The van der Waals surface area contributed by atoms with Crippen molar-refractivity contribution in [1.29, 1.82) is 0 Å². The van der Waals surface area contributed by atoms with Crippen molar-refractivity contribution in [2.24, 2.45) is 7.05 Å². The quantitative estimate of drug-likeness (QED) is 0.654. The van der Waals surface area contributed by atoms with E-state index < -0.39 is 10.0 Å². The lowest BCUT2D eigenvalue weighted by molar-refractivity contribution is 0.387. The van der Waals surface area contributed by atoms with Crippen LogP contribution in [0.15, 0.2) is 27.9 Å². The Labute approximate surface area is 163 Å². The van der Waals surface area contributed by atoms with Crippen LogP contribution in [0.5, 0.6) is 0 Å². The Morgan fingerprint density at radius 1 is 1.33 bits per heavy atom. The molecule has 0 aromatic carbocycles. The van der Waals surface area contributed by atoms with Gasteiger partial charge in [0.25, 0.3) is 10.0 Å². The molecular formula is C18H23N5O2S2. The topological polar surface area (TPSA) is 73.0 Å². The lowest BCUT2D eigenvalue weighted by Gasteiger charge is -2.26. The summed E-state index contributed by atoms with van der Waals surface area (Å²) in [5, 5.41) is 6.51. The van der Waals surface area contributed by atoms with E-state index in [4.69, 9.17) is 5.10 Å². The summed E-state index contributed by atoms with van der Waals surface area (Å²) in [4.78, 5) is 4.58. The van der Waals surface area contributed by atoms with Crippen molar-refractivity contribution in [1.82, 2.24) is 23.6 Å². The molecule has 0 aliphatic carbocycles. The number of hydrogen-bond donors (Lipinski definition) is 0. The molecule has 0 saturated heterocycles. The Balaban J connectivity index is 1.76. The number of aromatic nitrogens is 4. The van der Waals surface area contributed by atoms with Gasteiger partial charge < -0.3 is 4.57 Å². The van der Waals surface area contributed by atoms with Crippen LogP contribution in [0.1, 0.15) is 30.3 Å². The summed E-state index contributed by atoms with van der Waals surface area (Å²) in [5.41, 5.74) is 3.93. The first kappa shape index (κ1) is 18.4. The third-order valence-corrected chi connectivity index (χ3v) is 8.23. The van der Waals surface area contributed by atoms with Crippen LogP contribution in [0, 0.1) is 6.92 Å². The summed E-state index contributed by atoms with van der Waals surface area (Å²) in [6.45, 7) is 5.83. The SMILES string of the molecule is CCCn1c(C)cnc1-c1nn(C)c2c1CN(S(=O)(=O)c1cccs1)CC2. The molecule has 1 aliphatic heterocycles. The van der Waals surface area contributed by atoms with Crippen LogP contribution in [0.2, 0.25) is 0 Å². The van der Waals surface area contributed by atoms with Crippen molar-refractivity contribution in [3.63, 3.8) is 0 Å². The monoisotopic (exact) mass is 405 g/mol. The Kier molecular flexibility index (Phi) is 4.69. The predicted molar refractivity (Wildman–Crippen MR) is 105 cm³/mol. The van der Waals surface area contributed by atoms with Crippen LogP contribution in [0.25, 0.3) is 11.5 Å². The van der Waals surface area contributed by atoms with Gasteiger partial charge in [0.2, 0.25) is 0 Å². The number of nitrogens with zero attached hydrogens (tertiary/aromatic N) is 5. The minimum atomic E-state index is -3.48. The molecule has 7 nitrogen and oxygen atoms in total. The molecule has 0 bridgehead atoms. The van der Waals surface area contributed by atoms with Crippen LogP contribution < -0.4 is 0 Å². The average Bonchev–Trinajstić information content (AvgIpc) is 3.37. The maximum atomic E-state index is 13.0. The average molecular weight is 406 g/mol. The third kappa shape index (κ3) is 3.03. The van der Waals surface area contributed by atoms with Gasteiger partial charge in [0, 0.05) is 56.3 Å². The summed E-state index contributed by atoms with van der Waals surface area (Å²) < 4.78 is 31.9. The summed E-state index contributed by atoms with van der Waals surface area (Å²) in [7, 11) is -1.56. The maximum Gasteiger partial charge on any atom is 0.252 e. The van der Waals surface area contributed by atoms with Gasteiger partial charge in [0.15, 0.2) is 5.82 Å². The molecule has 0 radical (unpaired) electrons. The molecule has 0 spiro atoms. The van der Waals surface area contributed by atoms with Crippen molar-refractivity contribution < 1.29 is 8.42 Å². The van der Waals surface area contributed by atoms with E-state index in [1.165, 1.54) is 11.3 Å². The molecule has 4 heterocycles. The van der Waals surface area contributed by atoms with Crippen LogP contribution in [-0.2, 0) is 36.6 Å². The van der Waals surface area contributed by atoms with E-state index in [9.17, 15) is 8.42 Å². The Hall–Kier alpha value is -1.97. The molecule has 1 aliphatic rings. The predicted octanol–water partition coefficient (Wildman–Crippen LogP) is 2.81. The molecule has 3 aromatic heterocycles. The van der Waals surface area contributed by atoms with E-state index in [-0.39, 0.29) is 0 Å². The second-order valence-corrected chi connectivity index (χ2v) is 9.91. The molecule has 3 aromatic rings. The number of aryl methyl sites for hydroxylation is 2. The molecule has 144 valence electrons. The highest BCUT2D eigenvalue weighted by molar-refractivity contribution is 7.91. The van der Waals surface area contributed by atoms with Crippen molar-refractivity contribution in [2.45, 2.75) is 44.0 Å². The lowest BCUT2D eigenvalue weighted by Crippen LogP contribution is -2.36. The zero-order chi connectivity index (χ0) is 19.2. The van der Waals surface area contributed by atoms with E-state index in [0.717, 1.165) is 41.4 Å². The van der Waals surface area contributed by atoms with E-state index in [0.29, 0.717) is 23.7 Å². The summed E-state index contributed by atoms with van der Waals surface area (Å²) in [6.07, 6.45) is 3.50. The van der Waals surface area contributed by atoms with Crippen LogP contribution in [0.4, 0.5) is 0 Å². The molecule has 0 unspecified atom stereocenters. The number of thiophene rings is 1. The van der Waals surface area contributed by atoms with Crippen LogP contribution in [0.3, 0.4) is 0 Å². The first-order valence-electron chi connectivity index (χ1n) is 9.04. The summed E-state index contributed by atoms with van der Waals surface area (Å²) in [6, 6.07) is 3.43. The van der Waals surface area contributed by atoms with Crippen molar-refractivity contribution in [3.05, 3.63) is 40.7 Å². The third-order valence-electron chi connectivity index (χ3n) is 5.01. The molecule has 0 saturated carbocycles. The largest absolute Gasteiger partial charge is 0.327 e. The van der Waals surface area contributed by atoms with Crippen molar-refractivity contribution >= 4 is 21.4 Å². The minimum absolute atomic E-state index is 0.330. The zero-order valence-corrected chi connectivity index (χ0v) is 17.3. The fourth-order valence-electron chi connectivity index (χ4n) is 3.65. The molecule has 4 rings (SSSR count). The van der Waals surface area contributed by atoms with Gasteiger partial charge in [-0.05, 0) is 24.8 Å². The molecule has 0 N–H and O–H groups in total. The lowest BCUT2D eigenvalue weighted by atomic mass is 10.1. The molecule has 27 heavy (non-hydrogen) atoms. The van der Waals surface area contributed by atoms with Gasteiger partial charge in [-0.15, -0.1) is 11.3 Å². The van der Waals surface area contributed by atoms with Gasteiger partial charge in [-0.25, -0.2) is 13.4 Å². The highest BCUT2D eigenvalue weighted by Gasteiger charge is 2.33. The van der Waals surface area contributed by atoms with E-state index >= 15 is 0 Å². The Morgan fingerprint density at radius 3 is 2.85 bits per heavy atom. The van der Waals surface area contributed by atoms with Crippen molar-refractivity contribution in [2.75, 3.05) is 6.54 Å².